The summed E-state index contributed by atoms with van der Waals surface area (Å²) < 4.78 is 16.2. The first kappa shape index (κ1) is 40.0. The molecular formula is C39H54N2O7. The molecule has 9 nitrogen and oxygen atoms in total. The van der Waals surface area contributed by atoms with E-state index in [2.05, 4.69) is 23.5 Å². The van der Waals surface area contributed by atoms with Crippen molar-refractivity contribution in [1.29, 1.82) is 0 Å². The van der Waals surface area contributed by atoms with Crippen LogP contribution in [-0.4, -0.2) is 49.1 Å². The topological polar surface area (TPSA) is 120 Å². The Kier molecular flexibility index (Phi) is 21.6. The molecule has 0 aliphatic heterocycles. The van der Waals surface area contributed by atoms with Crippen molar-refractivity contribution < 1.29 is 33.4 Å². The third-order valence-electron chi connectivity index (χ3n) is 7.83. The number of esters is 2. The largest absolute Gasteiger partial charge is 0.461 e. The number of benzene rings is 2. The third-order valence-corrected chi connectivity index (χ3v) is 7.83. The summed E-state index contributed by atoms with van der Waals surface area (Å²) in [4.78, 5) is 51.9. The Morgan fingerprint density at radius 2 is 1.23 bits per heavy atom. The van der Waals surface area contributed by atoms with Crippen LogP contribution in [0.15, 0.2) is 60.7 Å². The minimum atomic E-state index is -1.16. The molecule has 0 radical (unpaired) electrons. The molecule has 0 aliphatic carbocycles. The number of hydrogen-bond donors (Lipinski definition) is 2. The molecule has 0 bridgehead atoms. The average Bonchev–Trinajstić information content (AvgIpc) is 3.10. The summed E-state index contributed by atoms with van der Waals surface area (Å²) >= 11 is 0. The van der Waals surface area contributed by atoms with Gasteiger partial charge in [-0.05, 0) is 24.0 Å². The molecule has 262 valence electrons. The maximum Gasteiger partial charge on any atom is 0.328 e. The van der Waals surface area contributed by atoms with Crippen molar-refractivity contribution in [2.75, 3.05) is 13.2 Å². The highest BCUT2D eigenvalue weighted by Crippen LogP contribution is 2.13. The molecule has 0 aromatic heterocycles. The Morgan fingerprint density at radius 3 is 1.79 bits per heavy atom. The van der Waals surface area contributed by atoms with Gasteiger partial charge in [0.1, 0.15) is 31.9 Å². The van der Waals surface area contributed by atoms with Crippen LogP contribution in [-0.2, 0) is 46.6 Å². The van der Waals surface area contributed by atoms with Crippen molar-refractivity contribution in [3.63, 3.8) is 0 Å². The van der Waals surface area contributed by atoms with Crippen molar-refractivity contribution in [1.82, 2.24) is 10.6 Å². The van der Waals surface area contributed by atoms with Crippen LogP contribution in [0.3, 0.4) is 0 Å². The molecule has 48 heavy (non-hydrogen) atoms. The van der Waals surface area contributed by atoms with Crippen molar-refractivity contribution in [2.24, 2.45) is 0 Å². The number of rotatable bonds is 26. The minimum absolute atomic E-state index is 0.00506. The fourth-order valence-electron chi connectivity index (χ4n) is 5.06. The number of amides is 2. The molecule has 2 aromatic carbocycles. The van der Waals surface area contributed by atoms with Crippen LogP contribution in [0.2, 0.25) is 0 Å². The van der Waals surface area contributed by atoms with E-state index in [1.165, 1.54) is 44.9 Å². The van der Waals surface area contributed by atoms with Gasteiger partial charge in [-0.1, -0.05) is 138 Å². The summed E-state index contributed by atoms with van der Waals surface area (Å²) in [7, 11) is 0. The fourth-order valence-corrected chi connectivity index (χ4v) is 5.06. The predicted octanol–water partition coefficient (Wildman–Crippen LogP) is 6.57. The molecule has 0 aliphatic rings. The highest BCUT2D eigenvalue weighted by molar-refractivity contribution is 5.91. The summed E-state index contributed by atoms with van der Waals surface area (Å²) in [5, 5.41) is 5.39. The number of hydrogen-bond acceptors (Lipinski definition) is 7. The smallest absolute Gasteiger partial charge is 0.328 e. The van der Waals surface area contributed by atoms with Crippen LogP contribution < -0.4 is 10.6 Å². The first-order valence-corrected chi connectivity index (χ1v) is 17.4. The van der Waals surface area contributed by atoms with E-state index in [0.717, 1.165) is 30.4 Å². The second-order valence-corrected chi connectivity index (χ2v) is 12.0. The van der Waals surface area contributed by atoms with Gasteiger partial charge in [-0.25, -0.2) is 4.79 Å². The molecule has 9 heteroatoms. The minimum Gasteiger partial charge on any atom is -0.461 e. The zero-order chi connectivity index (χ0) is 34.7. The van der Waals surface area contributed by atoms with Crippen LogP contribution in [0.1, 0.15) is 108 Å². The van der Waals surface area contributed by atoms with Gasteiger partial charge in [-0.15, -0.1) is 6.42 Å². The molecule has 2 rings (SSSR count). The Balaban J connectivity index is 1.90. The van der Waals surface area contributed by atoms with Gasteiger partial charge in [-0.3, -0.25) is 14.4 Å². The maximum atomic E-state index is 13.4. The number of carbonyl (C=O) groups excluding carboxylic acids is 4. The Morgan fingerprint density at radius 1 is 0.688 bits per heavy atom. The molecule has 0 fully saturated rings. The van der Waals surface area contributed by atoms with E-state index in [9.17, 15) is 19.2 Å². The van der Waals surface area contributed by atoms with E-state index in [-0.39, 0.29) is 51.6 Å². The van der Waals surface area contributed by atoms with Gasteiger partial charge in [0.15, 0.2) is 0 Å². The maximum absolute atomic E-state index is 13.4. The molecule has 2 N–H and O–H groups in total. The second-order valence-electron chi connectivity index (χ2n) is 12.0. The third kappa shape index (κ3) is 18.9. The lowest BCUT2D eigenvalue weighted by molar-refractivity contribution is -0.151. The van der Waals surface area contributed by atoms with Gasteiger partial charge in [0, 0.05) is 12.8 Å². The van der Waals surface area contributed by atoms with Crippen molar-refractivity contribution in [3.05, 3.63) is 71.8 Å². The van der Waals surface area contributed by atoms with E-state index in [1.54, 1.807) is 0 Å². The lowest BCUT2D eigenvalue weighted by Gasteiger charge is -2.22. The van der Waals surface area contributed by atoms with Crippen molar-refractivity contribution in [3.8, 4) is 12.3 Å². The number of carbonyl (C=O) groups is 4. The highest BCUT2D eigenvalue weighted by atomic mass is 16.5. The molecule has 0 saturated heterocycles. The Bertz CT molecular complexity index is 1230. The Hall–Kier alpha value is -4.16. The van der Waals surface area contributed by atoms with Crippen molar-refractivity contribution in [2.45, 2.75) is 122 Å². The van der Waals surface area contributed by atoms with Crippen molar-refractivity contribution >= 4 is 23.8 Å². The molecule has 0 saturated carbocycles. The van der Waals surface area contributed by atoms with Gasteiger partial charge >= 0.3 is 11.9 Å². The predicted molar refractivity (Wildman–Crippen MR) is 186 cm³/mol. The van der Waals surface area contributed by atoms with Gasteiger partial charge in [0.2, 0.25) is 11.8 Å². The second kappa shape index (κ2) is 25.9. The number of ether oxygens (including phenoxy) is 3. The molecule has 2 aromatic rings. The van der Waals surface area contributed by atoms with E-state index in [4.69, 9.17) is 20.6 Å². The molecule has 2 amide bonds. The summed E-state index contributed by atoms with van der Waals surface area (Å²) in [6.45, 7) is 2.09. The van der Waals surface area contributed by atoms with E-state index >= 15 is 0 Å². The molecule has 0 heterocycles. The molecule has 2 atom stereocenters. The van der Waals surface area contributed by atoms with E-state index in [0.29, 0.717) is 6.42 Å². The standard InChI is InChI=1S/C39H54N2O7/c1-3-5-6-7-8-9-10-11-12-13-20-25-36(42)40-35(31-46-28-4-2)38(44)41-34(39(45)48-30-33-23-18-15-19-24-33)26-27-37(43)47-29-32-21-16-14-17-22-32/h2,14-19,21-24,34-35H,3,5-13,20,25-31H2,1H3,(H,40,42)(H,41,44)/t34-,35+/m1/s1. The fraction of sp³-hybridized carbons (Fsp3) is 0.538. The highest BCUT2D eigenvalue weighted by Gasteiger charge is 2.28. The number of terminal acetylenes is 1. The summed E-state index contributed by atoms with van der Waals surface area (Å²) in [5.41, 5.74) is 1.60. The molecule has 0 spiro atoms. The van der Waals surface area contributed by atoms with Crippen LogP contribution in [0, 0.1) is 12.3 Å². The van der Waals surface area contributed by atoms with Gasteiger partial charge in [-0.2, -0.15) is 0 Å². The summed E-state index contributed by atoms with van der Waals surface area (Å²) in [5.74, 6) is 0.183. The SMILES string of the molecule is C#CCOC[C@H](NC(=O)CCCCCCCCCCCCC)C(=O)N[C@H](CCC(=O)OCc1ccccc1)C(=O)OCc1ccccc1. The first-order valence-electron chi connectivity index (χ1n) is 17.4. The lowest BCUT2D eigenvalue weighted by atomic mass is 10.1. The van der Waals surface area contributed by atoms with E-state index in [1.807, 2.05) is 60.7 Å². The van der Waals surface area contributed by atoms with Crippen LogP contribution in [0.5, 0.6) is 0 Å². The zero-order valence-electron chi connectivity index (χ0n) is 28.6. The summed E-state index contributed by atoms with van der Waals surface area (Å²) in [6.07, 6.45) is 18.2. The monoisotopic (exact) mass is 662 g/mol. The number of unbranched alkanes of at least 4 members (excludes halogenated alkanes) is 10. The zero-order valence-corrected chi connectivity index (χ0v) is 28.6. The quantitative estimate of drug-likeness (QED) is 0.0664. The Labute approximate surface area is 286 Å². The van der Waals surface area contributed by atoms with Crippen LogP contribution in [0.4, 0.5) is 0 Å². The first-order chi connectivity index (χ1) is 23.4. The van der Waals surface area contributed by atoms with Gasteiger partial charge in [0.25, 0.3) is 0 Å². The number of nitrogens with one attached hydrogen (secondary N) is 2. The molecular weight excluding hydrogens is 608 g/mol. The molecule has 0 unspecified atom stereocenters. The van der Waals surface area contributed by atoms with Crippen LogP contribution in [0.25, 0.3) is 0 Å². The van der Waals surface area contributed by atoms with Crippen LogP contribution >= 0.6 is 0 Å². The van der Waals surface area contributed by atoms with E-state index < -0.39 is 29.9 Å². The average molecular weight is 663 g/mol. The normalized spacial score (nSPS) is 11.9. The van der Waals surface area contributed by atoms with Gasteiger partial charge in [0.05, 0.1) is 6.61 Å². The van der Waals surface area contributed by atoms with Gasteiger partial charge < -0.3 is 24.8 Å². The lowest BCUT2D eigenvalue weighted by Crippen LogP contribution is -2.53. The summed E-state index contributed by atoms with van der Waals surface area (Å²) in [6, 6.07) is 16.1.